The van der Waals surface area contributed by atoms with Gasteiger partial charge in [-0.15, -0.1) is 11.3 Å². The number of amides is 1. The monoisotopic (exact) mass is 1030 g/mol. The van der Waals surface area contributed by atoms with Gasteiger partial charge in [0.15, 0.2) is 17.3 Å². The van der Waals surface area contributed by atoms with Crippen LogP contribution in [0.2, 0.25) is 0 Å². The molecule has 4 aromatic heterocycles. The second kappa shape index (κ2) is 23.0. The summed E-state index contributed by atoms with van der Waals surface area (Å²) in [5.74, 6) is -0.0896. The minimum Gasteiger partial charge on any atom is -0.391 e. The van der Waals surface area contributed by atoms with Crippen LogP contribution in [0.25, 0.3) is 49.9 Å². The van der Waals surface area contributed by atoms with E-state index in [1.807, 2.05) is 98.4 Å². The summed E-state index contributed by atoms with van der Waals surface area (Å²) >= 11 is 1.59. The first-order chi connectivity index (χ1) is 36.0. The summed E-state index contributed by atoms with van der Waals surface area (Å²) in [5, 5.41) is 10.7. The Morgan fingerprint density at radius 1 is 0.840 bits per heavy atom. The fourth-order valence-corrected chi connectivity index (χ4v) is 11.2. The first-order valence-corrected chi connectivity index (χ1v) is 27.1. The molecule has 3 aromatic carbocycles. The van der Waals surface area contributed by atoms with Crippen molar-refractivity contribution < 1.29 is 29.0 Å². The van der Waals surface area contributed by atoms with Gasteiger partial charge >= 0.3 is 0 Å². The molecule has 0 unspecified atom stereocenters. The highest BCUT2D eigenvalue weighted by molar-refractivity contribution is 7.13. The minimum absolute atomic E-state index is 0.00650. The Labute approximate surface area is 443 Å². The van der Waals surface area contributed by atoms with Gasteiger partial charge < -0.3 is 26.2 Å². The van der Waals surface area contributed by atoms with Gasteiger partial charge in [-0.25, -0.2) is 19.9 Å². The number of carbonyl (C=O) groups is 4. The van der Waals surface area contributed by atoms with E-state index in [9.17, 15) is 24.3 Å². The number of aryl methyl sites for hydroxylation is 3. The Kier molecular flexibility index (Phi) is 16.3. The molecule has 0 bridgehead atoms. The maximum absolute atomic E-state index is 14.2. The lowest BCUT2D eigenvalue weighted by Crippen LogP contribution is -2.47. The van der Waals surface area contributed by atoms with E-state index in [-0.39, 0.29) is 80.7 Å². The third kappa shape index (κ3) is 12.3. The van der Waals surface area contributed by atoms with E-state index in [1.54, 1.807) is 17.5 Å². The first-order valence-electron chi connectivity index (χ1n) is 26.3. The van der Waals surface area contributed by atoms with E-state index in [0.29, 0.717) is 48.5 Å². The van der Waals surface area contributed by atoms with Gasteiger partial charge in [-0.05, 0) is 116 Å². The summed E-state index contributed by atoms with van der Waals surface area (Å²) in [4.78, 5) is 75.6. The Bertz CT molecular complexity index is 3170. The van der Waals surface area contributed by atoms with Gasteiger partial charge in [-0.1, -0.05) is 75.4 Å². The number of nitrogens with two attached hydrogens (primary N) is 2. The molecule has 9 rings (SSSR count). The number of rotatable bonds is 22. The number of hydrogen-bond acceptors (Lipinski definition) is 13. The van der Waals surface area contributed by atoms with Crippen LogP contribution in [-0.2, 0) is 42.3 Å². The number of likely N-dealkylation sites (tertiary alicyclic amines) is 1. The molecule has 14 nitrogen and oxygen atoms in total. The fourth-order valence-electron chi connectivity index (χ4n) is 10.4. The number of thiazole rings is 1. The zero-order valence-corrected chi connectivity index (χ0v) is 44.3. The smallest absolute Gasteiger partial charge is 0.227 e. The molecule has 1 aliphatic carbocycles. The van der Waals surface area contributed by atoms with Crippen molar-refractivity contribution >= 4 is 51.6 Å². The van der Waals surface area contributed by atoms with E-state index in [4.69, 9.17) is 26.2 Å². The highest BCUT2D eigenvalue weighted by Crippen LogP contribution is 2.40. The highest BCUT2D eigenvalue weighted by atomic mass is 32.1. The van der Waals surface area contributed by atoms with E-state index >= 15 is 0 Å². The predicted molar refractivity (Wildman–Crippen MR) is 294 cm³/mol. The van der Waals surface area contributed by atoms with Crippen LogP contribution in [-0.4, -0.2) is 89.7 Å². The largest absolute Gasteiger partial charge is 0.391 e. The first kappa shape index (κ1) is 53.1. The molecule has 1 aliphatic heterocycles. The van der Waals surface area contributed by atoms with Crippen molar-refractivity contribution in [1.29, 1.82) is 0 Å². The second-order valence-corrected chi connectivity index (χ2v) is 22.4. The molecule has 1 amide bonds. The molecule has 1 saturated carbocycles. The Balaban J connectivity index is 0.738. The van der Waals surface area contributed by atoms with Crippen molar-refractivity contribution in [1.82, 2.24) is 29.4 Å². The summed E-state index contributed by atoms with van der Waals surface area (Å²) in [6, 6.07) is 31.6. The molecule has 3 atom stereocenters. The summed E-state index contributed by atoms with van der Waals surface area (Å²) in [5.41, 5.74) is 24.1. The molecule has 0 radical (unpaired) electrons. The van der Waals surface area contributed by atoms with Crippen molar-refractivity contribution in [3.8, 4) is 38.8 Å². The van der Waals surface area contributed by atoms with Crippen molar-refractivity contribution in [2.45, 2.75) is 122 Å². The molecule has 2 aliphatic rings. The zero-order valence-electron chi connectivity index (χ0n) is 43.5. The highest BCUT2D eigenvalue weighted by Gasteiger charge is 2.44. The minimum atomic E-state index is -0.813. The van der Waals surface area contributed by atoms with Crippen molar-refractivity contribution in [3.63, 3.8) is 0 Å². The molecule has 15 heteroatoms. The molecular weight excluding hydrogens is 961 g/mol. The van der Waals surface area contributed by atoms with Gasteiger partial charge in [0.2, 0.25) is 5.91 Å². The number of aromatic nitrogens is 5. The van der Waals surface area contributed by atoms with Gasteiger partial charge in [0.1, 0.15) is 22.9 Å². The Morgan fingerprint density at radius 3 is 2.29 bits per heavy atom. The number of fused-ring (bicyclic) bond motifs is 1. The summed E-state index contributed by atoms with van der Waals surface area (Å²) in [6.07, 6.45) is 6.96. The molecule has 1 saturated heterocycles. The van der Waals surface area contributed by atoms with Crippen LogP contribution in [0.15, 0.2) is 109 Å². The maximum atomic E-state index is 14.2. The maximum Gasteiger partial charge on any atom is 0.227 e. The van der Waals surface area contributed by atoms with Crippen LogP contribution in [0.5, 0.6) is 0 Å². The Morgan fingerprint density at radius 2 is 1.60 bits per heavy atom. The van der Waals surface area contributed by atoms with Gasteiger partial charge in [0, 0.05) is 74.0 Å². The molecule has 390 valence electrons. The number of nitrogens with zero attached hydrogens (tertiary/aromatic N) is 6. The third-order valence-electron chi connectivity index (χ3n) is 15.1. The summed E-state index contributed by atoms with van der Waals surface area (Å²) < 4.78 is 7.80. The lowest BCUT2D eigenvalue weighted by molar-refractivity contribution is -0.146. The number of aliphatic hydroxyl groups is 1. The molecular formula is C60H68N8O6S. The molecule has 75 heavy (non-hydrogen) atoms. The van der Waals surface area contributed by atoms with Crippen LogP contribution in [0.4, 0.5) is 5.82 Å². The van der Waals surface area contributed by atoms with Crippen LogP contribution in [0, 0.1) is 18.3 Å². The average molecular weight is 1030 g/mol. The van der Waals surface area contributed by atoms with E-state index in [0.717, 1.165) is 74.5 Å². The predicted octanol–water partition coefficient (Wildman–Crippen LogP) is 9.98. The number of β-amino-alcohol motifs (C(OH)–C–C–N with tert-alkyl or cyclic N) is 1. The quantitative estimate of drug-likeness (QED) is 0.0542. The van der Waals surface area contributed by atoms with Crippen LogP contribution in [0.1, 0.15) is 107 Å². The van der Waals surface area contributed by atoms with Crippen molar-refractivity contribution in [2.75, 3.05) is 25.5 Å². The number of aliphatic hydroxyl groups excluding tert-OH is 1. The van der Waals surface area contributed by atoms with Crippen molar-refractivity contribution in [3.05, 3.63) is 131 Å². The van der Waals surface area contributed by atoms with E-state index < -0.39 is 23.5 Å². The lowest BCUT2D eigenvalue weighted by Gasteiger charge is -2.38. The number of imidazole rings is 1. The van der Waals surface area contributed by atoms with E-state index in [2.05, 4.69) is 46.4 Å². The topological polar surface area (TPSA) is 210 Å². The average Bonchev–Trinajstić information content (AvgIpc) is 4.12. The molecule has 5 heterocycles. The number of benzene rings is 3. The summed E-state index contributed by atoms with van der Waals surface area (Å²) in [6.45, 7) is 8.13. The van der Waals surface area contributed by atoms with Crippen molar-refractivity contribution in [2.24, 2.45) is 17.1 Å². The van der Waals surface area contributed by atoms with Gasteiger partial charge in [-0.2, -0.15) is 0 Å². The second-order valence-electron chi connectivity index (χ2n) is 21.5. The SMILES string of the molecule is Cc1ncsc1-c1ccc(CCC(=O)[C@@H]2C[C@@H](O)CN2C(=O)[C@@H](CC(=O)CCOCCC(=O)CCCc2cccc(-c3ccc4nc(-c5cccnc5N)n(-c5ccc(C6(N)CCC6)cc5)c4n3)c2)C(C)(C)C)cc1. The summed E-state index contributed by atoms with van der Waals surface area (Å²) in [7, 11) is 0. The molecule has 7 aromatic rings. The number of ether oxygens (including phenoxy) is 1. The fraction of sp³-hybridized carbons (Fsp3) is 0.400. The molecule has 2 fully saturated rings. The van der Waals surface area contributed by atoms with Gasteiger partial charge in [-0.3, -0.25) is 23.7 Å². The van der Waals surface area contributed by atoms with Crippen LogP contribution in [0.3, 0.4) is 0 Å². The standard InChI is InChI=1S/C60H68N8O6S/c1-38-54(75-37-64-38)41-17-14-39(15-18-41)16-25-53(72)52-35-47(71)36-67(52)58(73)49(59(2,3)4)34-46(70)27-32-74-31-26-45(69)12-6-10-40-9-5-11-42(33-40)50-23-24-51-57(65-50)68(56(66-51)48-13-7-30-63-55(48)61)44-21-19-43(20-22-44)60(62)28-8-29-60/h5,7,9,11,13-15,17-24,30,33,37,47,49,52,71H,6,8,10,12,16,25-29,31-32,34-36,62H2,1-4H3,(H2,61,63)/t47-,49-,52+/m1/s1. The number of pyridine rings is 2. The number of ketones is 3. The van der Waals surface area contributed by atoms with E-state index in [1.165, 1.54) is 4.90 Å². The van der Waals surface area contributed by atoms with Crippen LogP contribution < -0.4 is 11.5 Å². The molecule has 0 spiro atoms. The van der Waals surface area contributed by atoms with Gasteiger partial charge in [0.25, 0.3) is 0 Å². The van der Waals surface area contributed by atoms with Crippen LogP contribution >= 0.6 is 11.3 Å². The van der Waals surface area contributed by atoms with Gasteiger partial charge in [0.05, 0.1) is 52.7 Å². The molecule has 5 N–H and O–H groups in total. The number of carbonyl (C=O) groups excluding carboxylic acids is 4. The lowest BCUT2D eigenvalue weighted by atomic mass is 9.73. The Hall–Kier alpha value is -6.78. The number of anilines is 1. The number of nitrogen functional groups attached to an aromatic ring is 1. The third-order valence-corrected chi connectivity index (χ3v) is 16.0. The zero-order chi connectivity index (χ0) is 52.9. The normalized spacial score (nSPS) is 16.7. The number of hydrogen-bond donors (Lipinski definition) is 3. The number of Topliss-reactive ketones (excluding diaryl/α,β-unsaturated/α-hetero) is 3.